The summed E-state index contributed by atoms with van der Waals surface area (Å²) in [4.78, 5) is 24.3. The second-order valence-corrected chi connectivity index (χ2v) is 5.91. The maximum Gasteiger partial charge on any atom is 0.234 e. The summed E-state index contributed by atoms with van der Waals surface area (Å²) < 4.78 is 14.2. The number of nitrogens with one attached hydrogen (secondary N) is 1. The molecule has 2 rings (SSSR count). The largest absolute Gasteiger partial charge is 0.296 e. The van der Waals surface area contributed by atoms with Gasteiger partial charge in [-0.1, -0.05) is 44.9 Å². The normalized spacial score (nSPS) is 21.2. The van der Waals surface area contributed by atoms with Crippen LogP contribution in [0.1, 0.15) is 57.4 Å². The first-order chi connectivity index (χ1) is 10.0. The molecule has 1 N–H and O–H groups in total. The molecule has 1 aromatic rings. The number of rotatable bonds is 5. The first kappa shape index (κ1) is 15.7. The molecule has 1 heterocycles. The van der Waals surface area contributed by atoms with Crippen LogP contribution >= 0.6 is 0 Å². The minimum absolute atomic E-state index is 0.241. The van der Waals surface area contributed by atoms with Crippen molar-refractivity contribution in [2.45, 2.75) is 51.9 Å². The summed E-state index contributed by atoms with van der Waals surface area (Å²) >= 11 is 0. The number of piperidine rings is 1. The van der Waals surface area contributed by atoms with E-state index in [-0.39, 0.29) is 17.6 Å². The maximum absolute atomic E-state index is 14.2. The number of halogens is 1. The standard InChI is InChI=1S/C17H22FNO2/c1-3-9-17(10-4-2)11-14(20)19-16(21)15(17)12-7-5-6-8-13(12)18/h5-8,15H,3-4,9-11H2,1-2H3,(H,19,20,21). The Kier molecular flexibility index (Phi) is 4.76. The smallest absolute Gasteiger partial charge is 0.234 e. The van der Waals surface area contributed by atoms with E-state index in [1.165, 1.54) is 6.07 Å². The zero-order chi connectivity index (χ0) is 15.5. The van der Waals surface area contributed by atoms with E-state index < -0.39 is 11.3 Å². The van der Waals surface area contributed by atoms with Gasteiger partial charge >= 0.3 is 0 Å². The van der Waals surface area contributed by atoms with Crippen LogP contribution in [0.5, 0.6) is 0 Å². The summed E-state index contributed by atoms with van der Waals surface area (Å²) in [6.45, 7) is 4.07. The SMILES string of the molecule is CCCC1(CCC)CC(=O)NC(=O)C1c1ccccc1F. The summed E-state index contributed by atoms with van der Waals surface area (Å²) in [5.74, 6) is -1.56. The van der Waals surface area contributed by atoms with Crippen LogP contribution in [0.2, 0.25) is 0 Å². The quantitative estimate of drug-likeness (QED) is 0.843. The van der Waals surface area contributed by atoms with E-state index in [1.807, 2.05) is 13.8 Å². The number of hydrogen-bond acceptors (Lipinski definition) is 2. The highest BCUT2D eigenvalue weighted by Gasteiger charge is 2.48. The van der Waals surface area contributed by atoms with Gasteiger partial charge in [0.15, 0.2) is 0 Å². The van der Waals surface area contributed by atoms with Gasteiger partial charge in [-0.2, -0.15) is 0 Å². The van der Waals surface area contributed by atoms with Gasteiger partial charge in [0, 0.05) is 12.0 Å². The van der Waals surface area contributed by atoms with Crippen molar-refractivity contribution in [2.75, 3.05) is 0 Å². The fraction of sp³-hybridized carbons (Fsp3) is 0.529. The summed E-state index contributed by atoms with van der Waals surface area (Å²) in [7, 11) is 0. The van der Waals surface area contributed by atoms with E-state index in [4.69, 9.17) is 0 Å². The molecular formula is C17H22FNO2. The minimum atomic E-state index is -0.587. The van der Waals surface area contributed by atoms with Crippen LogP contribution in [0, 0.1) is 11.2 Å². The molecule has 0 saturated carbocycles. The van der Waals surface area contributed by atoms with E-state index in [0.29, 0.717) is 12.0 Å². The first-order valence-electron chi connectivity index (χ1n) is 7.62. The highest BCUT2D eigenvalue weighted by molar-refractivity contribution is 6.02. The fourth-order valence-electron chi connectivity index (χ4n) is 3.72. The third-order valence-corrected chi connectivity index (χ3v) is 4.36. The predicted octanol–water partition coefficient (Wildman–Crippen LogP) is 3.54. The Labute approximate surface area is 124 Å². The highest BCUT2D eigenvalue weighted by Crippen LogP contribution is 2.49. The van der Waals surface area contributed by atoms with Gasteiger partial charge in [-0.25, -0.2) is 4.39 Å². The van der Waals surface area contributed by atoms with Gasteiger partial charge in [-0.3, -0.25) is 14.9 Å². The number of benzene rings is 1. The van der Waals surface area contributed by atoms with Gasteiger partial charge in [0.25, 0.3) is 0 Å². The Morgan fingerprint density at radius 2 is 1.81 bits per heavy atom. The molecular weight excluding hydrogens is 269 g/mol. The molecule has 114 valence electrons. The number of carbonyl (C=O) groups is 2. The predicted molar refractivity (Wildman–Crippen MR) is 79.2 cm³/mol. The summed E-state index contributed by atoms with van der Waals surface area (Å²) in [5.41, 5.74) is -0.0603. The Balaban J connectivity index is 2.52. The van der Waals surface area contributed by atoms with Gasteiger partial charge in [0.2, 0.25) is 11.8 Å². The average Bonchev–Trinajstić information content (AvgIpc) is 2.40. The number of hydrogen-bond donors (Lipinski definition) is 1. The van der Waals surface area contributed by atoms with Crippen molar-refractivity contribution in [3.05, 3.63) is 35.6 Å². The van der Waals surface area contributed by atoms with E-state index >= 15 is 0 Å². The second kappa shape index (κ2) is 6.37. The molecule has 0 aromatic heterocycles. The van der Waals surface area contributed by atoms with Crippen LogP contribution < -0.4 is 5.32 Å². The van der Waals surface area contributed by atoms with Crippen molar-refractivity contribution < 1.29 is 14.0 Å². The Bertz CT molecular complexity index is 535. The molecule has 1 aliphatic heterocycles. The first-order valence-corrected chi connectivity index (χ1v) is 7.62. The monoisotopic (exact) mass is 291 g/mol. The lowest BCUT2D eigenvalue weighted by Gasteiger charge is -2.43. The van der Waals surface area contributed by atoms with Gasteiger partial charge in [0.1, 0.15) is 5.82 Å². The van der Waals surface area contributed by atoms with Crippen molar-refractivity contribution in [3.63, 3.8) is 0 Å². The molecule has 1 aliphatic rings. The van der Waals surface area contributed by atoms with Crippen molar-refractivity contribution in [3.8, 4) is 0 Å². The Hall–Kier alpha value is -1.71. The van der Waals surface area contributed by atoms with Crippen molar-refractivity contribution in [2.24, 2.45) is 5.41 Å². The molecule has 2 amide bonds. The molecule has 4 heteroatoms. The van der Waals surface area contributed by atoms with Crippen molar-refractivity contribution in [1.29, 1.82) is 0 Å². The fourth-order valence-corrected chi connectivity index (χ4v) is 3.72. The van der Waals surface area contributed by atoms with Crippen LogP contribution in [0.4, 0.5) is 4.39 Å². The molecule has 3 nitrogen and oxygen atoms in total. The molecule has 1 atom stereocenters. The van der Waals surface area contributed by atoms with E-state index in [0.717, 1.165) is 25.7 Å². The minimum Gasteiger partial charge on any atom is -0.296 e. The van der Waals surface area contributed by atoms with Crippen LogP contribution in [0.15, 0.2) is 24.3 Å². The number of imide groups is 1. The van der Waals surface area contributed by atoms with Gasteiger partial charge in [-0.15, -0.1) is 0 Å². The van der Waals surface area contributed by atoms with E-state index in [2.05, 4.69) is 5.32 Å². The summed E-state index contributed by atoms with van der Waals surface area (Å²) in [5, 5.41) is 2.38. The third-order valence-electron chi connectivity index (χ3n) is 4.36. The second-order valence-electron chi connectivity index (χ2n) is 5.91. The molecule has 1 fully saturated rings. The number of carbonyl (C=O) groups excluding carboxylic acids is 2. The van der Waals surface area contributed by atoms with Gasteiger partial charge in [0.05, 0.1) is 5.92 Å². The lowest BCUT2D eigenvalue weighted by atomic mass is 9.62. The molecule has 1 unspecified atom stereocenters. The summed E-state index contributed by atoms with van der Waals surface area (Å²) in [6.07, 6.45) is 3.52. The van der Waals surface area contributed by atoms with Crippen LogP contribution in [0.3, 0.4) is 0 Å². The van der Waals surface area contributed by atoms with E-state index in [9.17, 15) is 14.0 Å². The van der Waals surface area contributed by atoms with Crippen molar-refractivity contribution >= 4 is 11.8 Å². The van der Waals surface area contributed by atoms with Gasteiger partial charge in [-0.05, 0) is 24.3 Å². The molecule has 1 saturated heterocycles. The lowest BCUT2D eigenvalue weighted by molar-refractivity contribution is -0.140. The summed E-state index contributed by atoms with van der Waals surface area (Å²) in [6, 6.07) is 6.40. The molecule has 0 bridgehead atoms. The number of amides is 2. The van der Waals surface area contributed by atoms with Crippen LogP contribution in [0.25, 0.3) is 0 Å². The zero-order valence-corrected chi connectivity index (χ0v) is 12.6. The molecule has 0 radical (unpaired) electrons. The zero-order valence-electron chi connectivity index (χ0n) is 12.6. The van der Waals surface area contributed by atoms with E-state index in [1.54, 1.807) is 18.2 Å². The third kappa shape index (κ3) is 2.99. The van der Waals surface area contributed by atoms with Gasteiger partial charge < -0.3 is 0 Å². The molecule has 0 spiro atoms. The lowest BCUT2D eigenvalue weighted by Crippen LogP contribution is -2.51. The highest BCUT2D eigenvalue weighted by atomic mass is 19.1. The van der Waals surface area contributed by atoms with Crippen molar-refractivity contribution in [1.82, 2.24) is 5.32 Å². The van der Waals surface area contributed by atoms with Crippen LogP contribution in [-0.4, -0.2) is 11.8 Å². The average molecular weight is 291 g/mol. The Morgan fingerprint density at radius 1 is 1.19 bits per heavy atom. The maximum atomic E-state index is 14.2. The molecule has 0 aliphatic carbocycles. The molecule has 21 heavy (non-hydrogen) atoms. The van der Waals surface area contributed by atoms with Crippen LogP contribution in [-0.2, 0) is 9.59 Å². The Morgan fingerprint density at radius 3 is 2.38 bits per heavy atom. The molecule has 1 aromatic carbocycles. The topological polar surface area (TPSA) is 46.2 Å².